The SMILES string of the molecule is CC1O[C@@H](OC2[C@H](C)CCC[C@H]2O[C@@H]2OC(CO)[C@H](O)C3O[C@@H](C(=O)O)Cc4ccccc4CCOC32)[C@@H](O)C(O)[C@@H]1O. The van der Waals surface area contributed by atoms with Crippen LogP contribution in [0.25, 0.3) is 0 Å². The molecule has 0 radical (unpaired) electrons. The Morgan fingerprint density at radius 1 is 0.884 bits per heavy atom. The van der Waals surface area contributed by atoms with Gasteiger partial charge in [-0.15, -0.1) is 0 Å². The Morgan fingerprint density at radius 3 is 2.35 bits per heavy atom. The Morgan fingerprint density at radius 2 is 1.63 bits per heavy atom. The zero-order valence-electron chi connectivity index (χ0n) is 24.4. The first-order valence-corrected chi connectivity index (χ1v) is 15.1. The molecule has 5 rings (SSSR count). The number of carbonyl (C=O) groups is 1. The Hall–Kier alpha value is -1.75. The van der Waals surface area contributed by atoms with Gasteiger partial charge in [-0.05, 0) is 43.2 Å². The number of aliphatic hydroxyl groups excluding tert-OH is 5. The molecule has 0 amide bonds. The highest BCUT2D eigenvalue weighted by atomic mass is 16.7. The number of rotatable bonds is 6. The molecule has 1 aromatic rings. The molecule has 242 valence electrons. The fraction of sp³-hybridized carbons (Fsp3) is 0.767. The molecule has 3 fully saturated rings. The van der Waals surface area contributed by atoms with Gasteiger partial charge in [0.15, 0.2) is 18.7 Å². The summed E-state index contributed by atoms with van der Waals surface area (Å²) in [5.74, 6) is -1.26. The fourth-order valence-electron chi connectivity index (χ4n) is 6.53. The van der Waals surface area contributed by atoms with E-state index in [1.54, 1.807) is 6.92 Å². The summed E-state index contributed by atoms with van der Waals surface area (Å²) in [7, 11) is 0. The van der Waals surface area contributed by atoms with Crippen LogP contribution in [0.1, 0.15) is 44.2 Å². The maximum atomic E-state index is 12.3. The predicted octanol–water partition coefficient (Wildman–Crippen LogP) is -0.495. The molecule has 4 aliphatic rings. The topological polar surface area (TPSA) is 194 Å². The van der Waals surface area contributed by atoms with E-state index in [0.29, 0.717) is 12.8 Å². The number of ether oxygens (including phenoxy) is 6. The molecule has 1 aromatic carbocycles. The second kappa shape index (κ2) is 14.1. The first-order valence-electron chi connectivity index (χ1n) is 15.1. The molecule has 6 unspecified atom stereocenters. The van der Waals surface area contributed by atoms with Crippen molar-refractivity contribution in [3.8, 4) is 0 Å². The summed E-state index contributed by atoms with van der Waals surface area (Å²) in [4.78, 5) is 12.3. The molecule has 14 atom stereocenters. The lowest BCUT2D eigenvalue weighted by Crippen LogP contribution is -2.63. The van der Waals surface area contributed by atoms with Gasteiger partial charge in [0, 0.05) is 6.42 Å². The molecule has 0 aromatic heterocycles. The van der Waals surface area contributed by atoms with Crippen LogP contribution in [0.3, 0.4) is 0 Å². The number of hydrogen-bond donors (Lipinski definition) is 6. The second-order valence-corrected chi connectivity index (χ2v) is 12.1. The van der Waals surface area contributed by atoms with E-state index in [2.05, 4.69) is 0 Å². The number of hydrogen-bond acceptors (Lipinski definition) is 12. The minimum Gasteiger partial charge on any atom is -0.479 e. The minimum atomic E-state index is -1.49. The maximum absolute atomic E-state index is 12.3. The van der Waals surface area contributed by atoms with Crippen molar-refractivity contribution in [2.45, 2.75) is 126 Å². The van der Waals surface area contributed by atoms with E-state index in [9.17, 15) is 35.4 Å². The molecule has 43 heavy (non-hydrogen) atoms. The van der Waals surface area contributed by atoms with Gasteiger partial charge in [-0.3, -0.25) is 0 Å². The summed E-state index contributed by atoms with van der Waals surface area (Å²) in [5.41, 5.74) is 1.72. The Labute approximate surface area is 250 Å². The molecule has 1 aliphatic carbocycles. The van der Waals surface area contributed by atoms with Crippen molar-refractivity contribution in [3.05, 3.63) is 35.4 Å². The van der Waals surface area contributed by atoms with Crippen molar-refractivity contribution in [2.24, 2.45) is 5.92 Å². The Kier molecular flexibility index (Phi) is 10.7. The standard InChI is InChI=1S/C30H44O13/c1-14-6-5-9-18(25(14)43-29-24(35)23(34)21(32)15(2)39-29)41-30-27-26(22(33)20(13-31)42-30)40-19(28(36)37)12-17-8-4-3-7-16(17)10-11-38-27/h3-4,7-8,14-15,18-27,29-35H,5-6,9-13H2,1-2H3,(H,36,37)/t14-,15?,18-,19-,20?,21-,22+,23?,24+,25?,26?,27?,29+,30-/m1/s1. The van der Waals surface area contributed by atoms with Crippen LogP contribution in [-0.4, -0.2) is 130 Å². The number of aliphatic hydroxyl groups is 5. The van der Waals surface area contributed by atoms with Gasteiger partial charge in [-0.1, -0.05) is 37.6 Å². The van der Waals surface area contributed by atoms with Gasteiger partial charge in [-0.2, -0.15) is 0 Å². The van der Waals surface area contributed by atoms with Crippen molar-refractivity contribution in [1.29, 1.82) is 0 Å². The molecule has 13 heteroatoms. The third-order valence-corrected chi connectivity index (χ3v) is 9.08. The summed E-state index contributed by atoms with van der Waals surface area (Å²) in [5, 5.41) is 62.2. The van der Waals surface area contributed by atoms with Crippen molar-refractivity contribution in [1.82, 2.24) is 0 Å². The molecule has 3 heterocycles. The average molecular weight is 613 g/mol. The van der Waals surface area contributed by atoms with E-state index in [0.717, 1.165) is 24.0 Å². The van der Waals surface area contributed by atoms with E-state index in [4.69, 9.17) is 28.4 Å². The molecule has 0 spiro atoms. The zero-order chi connectivity index (χ0) is 30.8. The number of fused-ring (bicyclic) bond motifs is 2. The highest BCUT2D eigenvalue weighted by Gasteiger charge is 2.51. The summed E-state index contributed by atoms with van der Waals surface area (Å²) in [6.07, 6.45) is -12.0. The van der Waals surface area contributed by atoms with Gasteiger partial charge < -0.3 is 59.1 Å². The van der Waals surface area contributed by atoms with Crippen LogP contribution in [0.15, 0.2) is 24.3 Å². The van der Waals surface area contributed by atoms with Crippen LogP contribution in [-0.2, 0) is 46.1 Å². The lowest BCUT2D eigenvalue weighted by Gasteiger charge is -2.48. The van der Waals surface area contributed by atoms with E-state index < -0.39 is 92.3 Å². The molecule has 3 aliphatic heterocycles. The molecule has 0 bridgehead atoms. The zero-order valence-corrected chi connectivity index (χ0v) is 24.4. The number of carboxylic acid groups (broad SMARTS) is 1. The summed E-state index contributed by atoms with van der Waals surface area (Å²) >= 11 is 0. The van der Waals surface area contributed by atoms with E-state index in [1.807, 2.05) is 31.2 Å². The summed E-state index contributed by atoms with van der Waals surface area (Å²) in [6, 6.07) is 7.44. The van der Waals surface area contributed by atoms with Gasteiger partial charge in [0.1, 0.15) is 42.7 Å². The smallest absolute Gasteiger partial charge is 0.333 e. The normalized spacial score (nSPS) is 44.2. The lowest BCUT2D eigenvalue weighted by molar-refractivity contribution is -0.352. The van der Waals surface area contributed by atoms with E-state index in [1.165, 1.54) is 0 Å². The molecular weight excluding hydrogens is 568 g/mol. The van der Waals surface area contributed by atoms with Crippen LogP contribution in [0.5, 0.6) is 0 Å². The Balaban J connectivity index is 1.39. The van der Waals surface area contributed by atoms with Gasteiger partial charge in [-0.25, -0.2) is 4.79 Å². The van der Waals surface area contributed by atoms with Crippen molar-refractivity contribution in [2.75, 3.05) is 13.2 Å². The van der Waals surface area contributed by atoms with Crippen molar-refractivity contribution in [3.63, 3.8) is 0 Å². The highest BCUT2D eigenvalue weighted by Crippen LogP contribution is 2.36. The Bertz CT molecular complexity index is 1070. The van der Waals surface area contributed by atoms with Crippen LogP contribution in [0, 0.1) is 5.92 Å². The minimum absolute atomic E-state index is 0.0541. The summed E-state index contributed by atoms with van der Waals surface area (Å²) < 4.78 is 36.7. The van der Waals surface area contributed by atoms with Gasteiger partial charge in [0.25, 0.3) is 0 Å². The molecular formula is C30H44O13. The third kappa shape index (κ3) is 7.07. The molecule has 6 N–H and O–H groups in total. The maximum Gasteiger partial charge on any atom is 0.333 e. The third-order valence-electron chi connectivity index (χ3n) is 9.08. The van der Waals surface area contributed by atoms with Crippen molar-refractivity contribution >= 4 is 5.97 Å². The lowest BCUT2D eigenvalue weighted by atomic mass is 9.85. The fourth-order valence-corrected chi connectivity index (χ4v) is 6.53. The predicted molar refractivity (Wildman–Crippen MR) is 147 cm³/mol. The van der Waals surface area contributed by atoms with E-state index >= 15 is 0 Å². The quantitative estimate of drug-likeness (QED) is 0.241. The van der Waals surface area contributed by atoms with Gasteiger partial charge >= 0.3 is 5.97 Å². The van der Waals surface area contributed by atoms with Crippen LogP contribution in [0.2, 0.25) is 0 Å². The largest absolute Gasteiger partial charge is 0.479 e. The van der Waals surface area contributed by atoms with Crippen LogP contribution < -0.4 is 0 Å². The van der Waals surface area contributed by atoms with Crippen LogP contribution >= 0.6 is 0 Å². The van der Waals surface area contributed by atoms with E-state index in [-0.39, 0.29) is 18.9 Å². The number of carboxylic acids is 1. The van der Waals surface area contributed by atoms with Crippen LogP contribution in [0.4, 0.5) is 0 Å². The summed E-state index contributed by atoms with van der Waals surface area (Å²) in [6.45, 7) is 3.17. The highest BCUT2D eigenvalue weighted by molar-refractivity contribution is 5.73. The first-order chi connectivity index (χ1) is 20.6. The van der Waals surface area contributed by atoms with Gasteiger partial charge in [0.05, 0.1) is 31.5 Å². The number of aliphatic carboxylic acids is 1. The first kappa shape index (κ1) is 32.6. The molecule has 1 saturated carbocycles. The molecule has 2 saturated heterocycles. The van der Waals surface area contributed by atoms with Crippen molar-refractivity contribution < 1.29 is 63.9 Å². The second-order valence-electron chi connectivity index (χ2n) is 12.1. The average Bonchev–Trinajstić information content (AvgIpc) is 2.99. The molecule has 13 nitrogen and oxygen atoms in total. The monoisotopic (exact) mass is 612 g/mol. The van der Waals surface area contributed by atoms with Gasteiger partial charge in [0.2, 0.25) is 0 Å². The number of benzene rings is 1.